The van der Waals surface area contributed by atoms with Crippen molar-refractivity contribution < 1.29 is 0 Å². The summed E-state index contributed by atoms with van der Waals surface area (Å²) in [4.78, 5) is 4.14. The molecular formula is C12H14BrN3. The van der Waals surface area contributed by atoms with Crippen molar-refractivity contribution in [1.29, 1.82) is 0 Å². The highest BCUT2D eigenvalue weighted by molar-refractivity contribution is 9.10. The number of aromatic nitrogens is 2. The molecule has 0 bridgehead atoms. The van der Waals surface area contributed by atoms with Crippen LogP contribution in [-0.2, 0) is 0 Å². The zero-order valence-electron chi connectivity index (χ0n) is 9.31. The van der Waals surface area contributed by atoms with E-state index in [0.717, 1.165) is 15.9 Å². The van der Waals surface area contributed by atoms with Crippen LogP contribution in [0.3, 0.4) is 0 Å². The zero-order chi connectivity index (χ0) is 11.7. The molecule has 0 saturated heterocycles. The molecule has 2 rings (SSSR count). The number of benzene rings is 1. The van der Waals surface area contributed by atoms with Gasteiger partial charge in [0.1, 0.15) is 0 Å². The summed E-state index contributed by atoms with van der Waals surface area (Å²) in [6.45, 7) is 4.02. The van der Waals surface area contributed by atoms with Crippen molar-refractivity contribution in [3.8, 4) is 5.69 Å². The molecule has 0 spiro atoms. The first-order valence-corrected chi connectivity index (χ1v) is 5.93. The number of aryl methyl sites for hydroxylation is 1. The lowest BCUT2D eigenvalue weighted by molar-refractivity contribution is 0.752. The number of nitrogens with two attached hydrogens (primary N) is 1. The number of imidazole rings is 1. The molecule has 1 atom stereocenters. The number of halogens is 1. The molecule has 16 heavy (non-hydrogen) atoms. The lowest BCUT2D eigenvalue weighted by Crippen LogP contribution is -2.10. The average Bonchev–Trinajstić information content (AvgIpc) is 2.71. The van der Waals surface area contributed by atoms with Crippen LogP contribution in [0.25, 0.3) is 5.69 Å². The lowest BCUT2D eigenvalue weighted by atomic mass is 10.2. The monoisotopic (exact) mass is 279 g/mol. The molecule has 2 N–H and O–H groups in total. The quantitative estimate of drug-likeness (QED) is 0.919. The third kappa shape index (κ3) is 2.03. The summed E-state index contributed by atoms with van der Waals surface area (Å²) in [5.74, 6) is 0. The van der Waals surface area contributed by atoms with Gasteiger partial charge in [-0.3, -0.25) is 0 Å². The van der Waals surface area contributed by atoms with Crippen molar-refractivity contribution in [1.82, 2.24) is 9.55 Å². The van der Waals surface area contributed by atoms with E-state index in [2.05, 4.69) is 33.9 Å². The maximum Gasteiger partial charge on any atom is 0.0994 e. The molecule has 1 aromatic carbocycles. The lowest BCUT2D eigenvalue weighted by Gasteiger charge is -2.11. The van der Waals surface area contributed by atoms with Crippen LogP contribution in [0.5, 0.6) is 0 Å². The van der Waals surface area contributed by atoms with Gasteiger partial charge in [0, 0.05) is 16.2 Å². The summed E-state index contributed by atoms with van der Waals surface area (Å²) < 4.78 is 3.13. The highest BCUT2D eigenvalue weighted by Gasteiger charge is 2.08. The van der Waals surface area contributed by atoms with E-state index in [4.69, 9.17) is 5.73 Å². The van der Waals surface area contributed by atoms with E-state index in [1.165, 1.54) is 5.56 Å². The van der Waals surface area contributed by atoms with Crippen molar-refractivity contribution in [2.24, 2.45) is 5.73 Å². The summed E-state index contributed by atoms with van der Waals surface area (Å²) in [6, 6.07) is 6.17. The second-order valence-corrected chi connectivity index (χ2v) is 4.77. The first kappa shape index (κ1) is 11.4. The molecule has 0 unspecified atom stereocenters. The van der Waals surface area contributed by atoms with Crippen LogP contribution in [0.4, 0.5) is 0 Å². The zero-order valence-corrected chi connectivity index (χ0v) is 10.9. The van der Waals surface area contributed by atoms with Crippen LogP contribution < -0.4 is 5.73 Å². The molecule has 84 valence electrons. The van der Waals surface area contributed by atoms with Crippen molar-refractivity contribution in [3.63, 3.8) is 0 Å². The fourth-order valence-electron chi connectivity index (χ4n) is 1.64. The molecule has 1 aromatic heterocycles. The topological polar surface area (TPSA) is 43.8 Å². The van der Waals surface area contributed by atoms with Crippen LogP contribution in [0, 0.1) is 6.92 Å². The summed E-state index contributed by atoms with van der Waals surface area (Å²) in [6.07, 6.45) is 3.60. The third-order valence-electron chi connectivity index (χ3n) is 2.55. The second-order valence-electron chi connectivity index (χ2n) is 3.91. The number of nitrogens with zero attached hydrogens (tertiary/aromatic N) is 2. The summed E-state index contributed by atoms with van der Waals surface area (Å²) >= 11 is 3.49. The number of hydrogen-bond acceptors (Lipinski definition) is 2. The second kappa shape index (κ2) is 4.39. The van der Waals surface area contributed by atoms with Crippen LogP contribution in [0.2, 0.25) is 0 Å². The Morgan fingerprint density at radius 3 is 2.81 bits per heavy atom. The Balaban J connectivity index is 2.50. The van der Waals surface area contributed by atoms with E-state index in [1.54, 1.807) is 6.33 Å². The molecule has 4 heteroatoms. The Labute approximate surface area is 103 Å². The molecule has 1 heterocycles. The van der Waals surface area contributed by atoms with Crippen molar-refractivity contribution >= 4 is 15.9 Å². The summed E-state index contributed by atoms with van der Waals surface area (Å²) in [5.41, 5.74) is 9.19. The van der Waals surface area contributed by atoms with Gasteiger partial charge in [0.2, 0.25) is 0 Å². The number of hydrogen-bond donors (Lipinski definition) is 1. The number of rotatable bonds is 2. The first-order valence-electron chi connectivity index (χ1n) is 5.14. The Hall–Kier alpha value is -1.13. The van der Waals surface area contributed by atoms with Gasteiger partial charge in [-0.25, -0.2) is 4.98 Å². The van der Waals surface area contributed by atoms with Gasteiger partial charge in [0.05, 0.1) is 18.2 Å². The van der Waals surface area contributed by atoms with Gasteiger partial charge >= 0.3 is 0 Å². The summed E-state index contributed by atoms with van der Waals surface area (Å²) in [7, 11) is 0. The Kier molecular flexibility index (Phi) is 3.12. The molecule has 0 amide bonds. The van der Waals surface area contributed by atoms with Crippen molar-refractivity contribution in [3.05, 3.63) is 46.5 Å². The normalized spacial score (nSPS) is 12.8. The molecule has 2 aromatic rings. The average molecular weight is 280 g/mol. The smallest absolute Gasteiger partial charge is 0.0994 e. The van der Waals surface area contributed by atoms with Crippen LogP contribution >= 0.6 is 15.9 Å². The van der Waals surface area contributed by atoms with Gasteiger partial charge in [-0.05, 0) is 37.6 Å². The predicted molar refractivity (Wildman–Crippen MR) is 68.6 cm³/mol. The van der Waals surface area contributed by atoms with Gasteiger partial charge in [0.25, 0.3) is 0 Å². The summed E-state index contributed by atoms with van der Waals surface area (Å²) in [5, 5.41) is 0. The van der Waals surface area contributed by atoms with E-state index < -0.39 is 0 Å². The van der Waals surface area contributed by atoms with E-state index in [-0.39, 0.29) is 6.04 Å². The Morgan fingerprint density at radius 1 is 1.44 bits per heavy atom. The Bertz CT molecular complexity index is 503. The fourth-order valence-corrected chi connectivity index (χ4v) is 1.88. The predicted octanol–water partition coefficient (Wildman–Crippen LogP) is 2.96. The van der Waals surface area contributed by atoms with Gasteiger partial charge < -0.3 is 10.3 Å². The molecule has 0 aliphatic rings. The van der Waals surface area contributed by atoms with Gasteiger partial charge in [-0.15, -0.1) is 0 Å². The van der Waals surface area contributed by atoms with Gasteiger partial charge in [0.15, 0.2) is 0 Å². The highest BCUT2D eigenvalue weighted by Crippen LogP contribution is 2.21. The van der Waals surface area contributed by atoms with E-state index in [1.807, 2.05) is 29.8 Å². The van der Waals surface area contributed by atoms with Crippen LogP contribution in [0.15, 0.2) is 35.2 Å². The standard InChI is InChI=1S/C12H14BrN3/c1-8-5-10(3-4-11(8)13)16-7-15-6-12(16)9(2)14/h3-7,9H,14H2,1-2H3/t9-/m0/s1. The SMILES string of the molecule is Cc1cc(-n2cncc2[C@H](C)N)ccc1Br. The minimum absolute atomic E-state index is 0.0218. The van der Waals surface area contributed by atoms with Crippen molar-refractivity contribution in [2.75, 3.05) is 0 Å². The largest absolute Gasteiger partial charge is 0.323 e. The molecule has 3 nitrogen and oxygen atoms in total. The van der Waals surface area contributed by atoms with Gasteiger partial charge in [-0.1, -0.05) is 15.9 Å². The van der Waals surface area contributed by atoms with E-state index in [0.29, 0.717) is 0 Å². The third-order valence-corrected chi connectivity index (χ3v) is 3.44. The minimum atomic E-state index is -0.0218. The van der Waals surface area contributed by atoms with E-state index >= 15 is 0 Å². The molecule has 0 aliphatic heterocycles. The molecule has 0 aliphatic carbocycles. The fraction of sp³-hybridized carbons (Fsp3) is 0.250. The molecular weight excluding hydrogens is 266 g/mol. The van der Waals surface area contributed by atoms with Crippen molar-refractivity contribution in [2.45, 2.75) is 19.9 Å². The molecule has 0 saturated carbocycles. The first-order chi connectivity index (χ1) is 7.59. The maximum atomic E-state index is 5.89. The maximum absolute atomic E-state index is 5.89. The molecule has 0 fully saturated rings. The minimum Gasteiger partial charge on any atom is -0.323 e. The van der Waals surface area contributed by atoms with Crippen LogP contribution in [-0.4, -0.2) is 9.55 Å². The Morgan fingerprint density at radius 2 is 2.19 bits per heavy atom. The highest BCUT2D eigenvalue weighted by atomic mass is 79.9. The van der Waals surface area contributed by atoms with Crippen LogP contribution in [0.1, 0.15) is 24.2 Å². The van der Waals surface area contributed by atoms with Gasteiger partial charge in [-0.2, -0.15) is 0 Å². The van der Waals surface area contributed by atoms with E-state index in [9.17, 15) is 0 Å². The molecule has 0 radical (unpaired) electrons.